The number of ketones is 1. The van der Waals surface area contributed by atoms with E-state index < -0.39 is 0 Å². The van der Waals surface area contributed by atoms with Crippen LogP contribution in [0.25, 0.3) is 0 Å². The minimum absolute atomic E-state index is 0.0755. The lowest BCUT2D eigenvalue weighted by molar-refractivity contribution is 0.0950. The Labute approximate surface area is 169 Å². The van der Waals surface area contributed by atoms with Crippen LogP contribution in [0.2, 0.25) is 0 Å². The summed E-state index contributed by atoms with van der Waals surface area (Å²) >= 11 is 0. The van der Waals surface area contributed by atoms with Crippen molar-refractivity contribution in [2.24, 2.45) is 0 Å². The van der Waals surface area contributed by atoms with Gasteiger partial charge in [-0.3, -0.25) is 14.4 Å². The predicted octanol–water partition coefficient (Wildman–Crippen LogP) is 4.38. The van der Waals surface area contributed by atoms with Crippen molar-refractivity contribution in [3.63, 3.8) is 0 Å². The quantitative estimate of drug-likeness (QED) is 0.618. The number of carbonyl (C=O) groups excluding carboxylic acids is 3. The average molecular weight is 386 g/mol. The Morgan fingerprint density at radius 2 is 1.41 bits per heavy atom. The van der Waals surface area contributed by atoms with Gasteiger partial charge in [-0.25, -0.2) is 0 Å². The highest BCUT2D eigenvalue weighted by Gasteiger charge is 2.12. The highest BCUT2D eigenvalue weighted by molar-refractivity contribution is 6.06. The van der Waals surface area contributed by atoms with E-state index in [1.165, 1.54) is 6.92 Å². The van der Waals surface area contributed by atoms with Crippen LogP contribution in [0.4, 0.5) is 5.69 Å². The molecule has 0 aromatic heterocycles. The van der Waals surface area contributed by atoms with Gasteiger partial charge in [0.2, 0.25) is 0 Å². The first-order valence-electron chi connectivity index (χ1n) is 9.29. The molecule has 0 radical (unpaired) electrons. The first-order chi connectivity index (χ1) is 13.9. The number of nitrogens with one attached hydrogen (secondary N) is 2. The van der Waals surface area contributed by atoms with Crippen molar-refractivity contribution in [3.05, 3.63) is 101 Å². The van der Waals surface area contributed by atoms with E-state index in [1.807, 2.05) is 31.2 Å². The van der Waals surface area contributed by atoms with Gasteiger partial charge in [0.05, 0.1) is 0 Å². The number of hydrogen-bond donors (Lipinski definition) is 2. The topological polar surface area (TPSA) is 75.3 Å². The van der Waals surface area contributed by atoms with Crippen molar-refractivity contribution in [2.75, 3.05) is 5.32 Å². The summed E-state index contributed by atoms with van der Waals surface area (Å²) in [5.74, 6) is -0.672. The number of anilines is 1. The highest BCUT2D eigenvalue weighted by Crippen LogP contribution is 2.14. The summed E-state index contributed by atoms with van der Waals surface area (Å²) in [7, 11) is 0. The molecule has 3 aromatic carbocycles. The molecule has 0 saturated heterocycles. The number of hydrogen-bond acceptors (Lipinski definition) is 3. The van der Waals surface area contributed by atoms with Gasteiger partial charge in [-0.1, -0.05) is 42.5 Å². The van der Waals surface area contributed by atoms with Crippen LogP contribution in [0.1, 0.15) is 49.1 Å². The van der Waals surface area contributed by atoms with Crippen LogP contribution in [-0.2, 0) is 6.54 Å². The smallest absolute Gasteiger partial charge is 0.255 e. The second-order valence-electron chi connectivity index (χ2n) is 6.78. The molecular formula is C24H22N2O3. The van der Waals surface area contributed by atoms with Crippen LogP contribution in [0.15, 0.2) is 72.8 Å². The van der Waals surface area contributed by atoms with Crippen molar-refractivity contribution in [1.82, 2.24) is 5.32 Å². The minimum Gasteiger partial charge on any atom is -0.348 e. The molecule has 0 aliphatic rings. The Balaban J connectivity index is 1.69. The van der Waals surface area contributed by atoms with E-state index in [0.29, 0.717) is 28.9 Å². The van der Waals surface area contributed by atoms with Crippen LogP contribution < -0.4 is 10.6 Å². The van der Waals surface area contributed by atoms with E-state index in [9.17, 15) is 14.4 Å². The summed E-state index contributed by atoms with van der Waals surface area (Å²) in [6.07, 6.45) is 0. The molecule has 146 valence electrons. The second kappa shape index (κ2) is 8.97. The molecule has 0 atom stereocenters. The first-order valence-corrected chi connectivity index (χ1v) is 9.29. The molecule has 3 rings (SSSR count). The lowest BCUT2D eigenvalue weighted by Crippen LogP contribution is -2.23. The van der Waals surface area contributed by atoms with Gasteiger partial charge in [0, 0.05) is 28.9 Å². The third kappa shape index (κ3) is 5.17. The minimum atomic E-state index is -0.348. The zero-order valence-corrected chi connectivity index (χ0v) is 16.4. The number of Topliss-reactive ketones (excluding diaryl/α,β-unsaturated/α-hetero) is 1. The van der Waals surface area contributed by atoms with Crippen molar-refractivity contribution >= 4 is 23.3 Å². The second-order valence-corrected chi connectivity index (χ2v) is 6.78. The Morgan fingerprint density at radius 3 is 2.14 bits per heavy atom. The van der Waals surface area contributed by atoms with E-state index in [0.717, 1.165) is 11.1 Å². The van der Waals surface area contributed by atoms with Crippen LogP contribution >= 0.6 is 0 Å². The van der Waals surface area contributed by atoms with Crippen molar-refractivity contribution in [3.8, 4) is 0 Å². The lowest BCUT2D eigenvalue weighted by Gasteiger charge is -2.10. The van der Waals surface area contributed by atoms with Crippen molar-refractivity contribution < 1.29 is 14.4 Å². The molecule has 5 nitrogen and oxygen atoms in total. The fraction of sp³-hybridized carbons (Fsp3) is 0.125. The molecule has 0 unspecified atom stereocenters. The molecule has 3 aromatic rings. The van der Waals surface area contributed by atoms with Crippen LogP contribution in [0.5, 0.6) is 0 Å². The van der Waals surface area contributed by atoms with Gasteiger partial charge in [-0.15, -0.1) is 0 Å². The lowest BCUT2D eigenvalue weighted by atomic mass is 10.1. The van der Waals surface area contributed by atoms with Crippen LogP contribution in [0, 0.1) is 6.92 Å². The van der Waals surface area contributed by atoms with Gasteiger partial charge >= 0.3 is 0 Å². The molecule has 2 amide bonds. The SMILES string of the molecule is CC(=O)c1cccc(NC(=O)c2cccc(C(=O)NCc3ccccc3C)c2)c1. The molecule has 0 saturated carbocycles. The van der Waals surface area contributed by atoms with Crippen LogP contribution in [0.3, 0.4) is 0 Å². The standard InChI is InChI=1S/C24H22N2O3/c1-16-7-3-4-8-21(16)15-25-23(28)19-10-5-11-20(13-19)24(29)26-22-12-6-9-18(14-22)17(2)27/h3-14H,15H2,1-2H3,(H,25,28)(H,26,29). The number of carbonyl (C=O) groups is 3. The van der Waals surface area contributed by atoms with Gasteiger partial charge in [0.25, 0.3) is 11.8 Å². The van der Waals surface area contributed by atoms with E-state index in [2.05, 4.69) is 10.6 Å². The van der Waals surface area contributed by atoms with Crippen molar-refractivity contribution in [1.29, 1.82) is 0 Å². The van der Waals surface area contributed by atoms with E-state index in [4.69, 9.17) is 0 Å². The number of rotatable bonds is 6. The summed E-state index contributed by atoms with van der Waals surface area (Å²) in [4.78, 5) is 36.6. The van der Waals surface area contributed by atoms with E-state index >= 15 is 0 Å². The zero-order chi connectivity index (χ0) is 20.8. The van der Waals surface area contributed by atoms with Gasteiger partial charge in [-0.05, 0) is 55.3 Å². The van der Waals surface area contributed by atoms with E-state index in [-0.39, 0.29) is 17.6 Å². The molecular weight excluding hydrogens is 364 g/mol. The van der Waals surface area contributed by atoms with E-state index in [1.54, 1.807) is 48.5 Å². The van der Waals surface area contributed by atoms with Crippen LogP contribution in [-0.4, -0.2) is 17.6 Å². The largest absolute Gasteiger partial charge is 0.348 e. The molecule has 0 heterocycles. The maximum absolute atomic E-state index is 12.6. The number of amides is 2. The molecule has 0 aliphatic heterocycles. The van der Waals surface area contributed by atoms with Crippen molar-refractivity contribution in [2.45, 2.75) is 20.4 Å². The third-order valence-electron chi connectivity index (χ3n) is 4.61. The highest BCUT2D eigenvalue weighted by atomic mass is 16.2. The number of benzene rings is 3. The molecule has 0 aliphatic carbocycles. The third-order valence-corrected chi connectivity index (χ3v) is 4.61. The maximum atomic E-state index is 12.6. The zero-order valence-electron chi connectivity index (χ0n) is 16.4. The first kappa shape index (κ1) is 20.0. The Hall–Kier alpha value is -3.73. The maximum Gasteiger partial charge on any atom is 0.255 e. The monoisotopic (exact) mass is 386 g/mol. The van der Waals surface area contributed by atoms with Gasteiger partial charge < -0.3 is 10.6 Å². The fourth-order valence-electron chi connectivity index (χ4n) is 2.91. The predicted molar refractivity (Wildman–Crippen MR) is 113 cm³/mol. The molecule has 0 bridgehead atoms. The Bertz CT molecular complexity index is 1070. The molecule has 0 spiro atoms. The summed E-state index contributed by atoms with van der Waals surface area (Å²) in [6.45, 7) is 3.88. The average Bonchev–Trinajstić information content (AvgIpc) is 2.73. The summed E-state index contributed by atoms with van der Waals surface area (Å²) in [5.41, 5.74) is 3.96. The number of aryl methyl sites for hydroxylation is 1. The Morgan fingerprint density at radius 1 is 0.759 bits per heavy atom. The van der Waals surface area contributed by atoms with Gasteiger partial charge in [-0.2, -0.15) is 0 Å². The fourth-order valence-corrected chi connectivity index (χ4v) is 2.91. The molecule has 0 fully saturated rings. The molecule has 2 N–H and O–H groups in total. The molecule has 5 heteroatoms. The summed E-state index contributed by atoms with van der Waals surface area (Å²) in [6, 6.07) is 21.1. The normalized spacial score (nSPS) is 10.3. The van der Waals surface area contributed by atoms with Gasteiger partial charge in [0.15, 0.2) is 5.78 Å². The summed E-state index contributed by atoms with van der Waals surface area (Å²) < 4.78 is 0. The Kier molecular flexibility index (Phi) is 6.19. The van der Waals surface area contributed by atoms with Gasteiger partial charge in [0.1, 0.15) is 0 Å². The summed E-state index contributed by atoms with van der Waals surface area (Å²) in [5, 5.41) is 5.65. The molecule has 29 heavy (non-hydrogen) atoms.